The number of nitro groups is 1. The van der Waals surface area contributed by atoms with Crippen LogP contribution in [0.2, 0.25) is 0 Å². The molecule has 2 heterocycles. The van der Waals surface area contributed by atoms with Gasteiger partial charge in [0.2, 0.25) is 0 Å². The van der Waals surface area contributed by atoms with E-state index < -0.39 is 4.92 Å². The molecule has 1 aliphatic heterocycles. The fraction of sp³-hybridized carbons (Fsp3) is 0.333. The number of halogens is 1. The number of rotatable bonds is 8. The van der Waals surface area contributed by atoms with Crippen molar-refractivity contribution in [2.24, 2.45) is 0 Å². The SMILES string of the molecule is O=[N+]([O-])c1cc2c(Nc3cccc(Br)c3)ncnc2cc1OCCCN1CCOCC1. The van der Waals surface area contributed by atoms with Gasteiger partial charge >= 0.3 is 5.69 Å². The van der Waals surface area contributed by atoms with Gasteiger partial charge in [-0.05, 0) is 24.6 Å². The van der Waals surface area contributed by atoms with Gasteiger partial charge in [-0.15, -0.1) is 0 Å². The number of nitrogens with one attached hydrogen (secondary N) is 1. The first-order valence-electron chi connectivity index (χ1n) is 9.99. The van der Waals surface area contributed by atoms with Crippen LogP contribution in [0.15, 0.2) is 47.2 Å². The van der Waals surface area contributed by atoms with Crippen LogP contribution in [0, 0.1) is 10.1 Å². The molecule has 4 rings (SSSR count). The molecule has 162 valence electrons. The fourth-order valence-corrected chi connectivity index (χ4v) is 3.83. The average Bonchev–Trinajstić information content (AvgIpc) is 2.77. The van der Waals surface area contributed by atoms with Gasteiger partial charge in [-0.3, -0.25) is 15.0 Å². The lowest BCUT2D eigenvalue weighted by atomic mass is 10.2. The summed E-state index contributed by atoms with van der Waals surface area (Å²) < 4.78 is 12.0. The van der Waals surface area contributed by atoms with Gasteiger partial charge in [-0.25, -0.2) is 9.97 Å². The molecule has 10 heteroatoms. The lowest BCUT2D eigenvalue weighted by molar-refractivity contribution is -0.385. The minimum absolute atomic E-state index is 0.106. The Morgan fingerprint density at radius 1 is 1.23 bits per heavy atom. The van der Waals surface area contributed by atoms with Crippen molar-refractivity contribution in [2.75, 3.05) is 44.8 Å². The number of ether oxygens (including phenoxy) is 2. The summed E-state index contributed by atoms with van der Waals surface area (Å²) in [6, 6.07) is 10.7. The van der Waals surface area contributed by atoms with Crippen molar-refractivity contribution in [3.05, 3.63) is 57.3 Å². The number of nitrogens with zero attached hydrogens (tertiary/aromatic N) is 4. The van der Waals surface area contributed by atoms with Crippen molar-refractivity contribution >= 4 is 44.0 Å². The Hall–Kier alpha value is -2.82. The quantitative estimate of drug-likeness (QED) is 0.287. The van der Waals surface area contributed by atoms with Gasteiger partial charge < -0.3 is 14.8 Å². The molecule has 0 bridgehead atoms. The Kier molecular flexibility index (Phi) is 6.90. The zero-order chi connectivity index (χ0) is 21.6. The van der Waals surface area contributed by atoms with Crippen LogP contribution < -0.4 is 10.1 Å². The van der Waals surface area contributed by atoms with Crippen LogP contribution >= 0.6 is 15.9 Å². The van der Waals surface area contributed by atoms with Gasteiger partial charge in [0.1, 0.15) is 12.1 Å². The highest BCUT2D eigenvalue weighted by Crippen LogP contribution is 2.34. The maximum absolute atomic E-state index is 11.7. The van der Waals surface area contributed by atoms with Crippen LogP contribution in [0.5, 0.6) is 5.75 Å². The predicted molar refractivity (Wildman–Crippen MR) is 121 cm³/mol. The van der Waals surface area contributed by atoms with Crippen molar-refractivity contribution < 1.29 is 14.4 Å². The summed E-state index contributed by atoms with van der Waals surface area (Å²) in [6.07, 6.45) is 2.20. The van der Waals surface area contributed by atoms with Crippen molar-refractivity contribution in [3.8, 4) is 5.75 Å². The highest BCUT2D eigenvalue weighted by Gasteiger charge is 2.20. The van der Waals surface area contributed by atoms with Gasteiger partial charge in [0.25, 0.3) is 0 Å². The van der Waals surface area contributed by atoms with E-state index in [1.54, 1.807) is 6.07 Å². The van der Waals surface area contributed by atoms with E-state index >= 15 is 0 Å². The summed E-state index contributed by atoms with van der Waals surface area (Å²) in [6.45, 7) is 4.55. The first kappa shape index (κ1) is 21.4. The van der Waals surface area contributed by atoms with Crippen molar-refractivity contribution in [3.63, 3.8) is 0 Å². The van der Waals surface area contributed by atoms with Crippen LogP contribution in [-0.4, -0.2) is 59.2 Å². The average molecular weight is 488 g/mol. The largest absolute Gasteiger partial charge is 0.487 e. The number of morpholine rings is 1. The van der Waals surface area contributed by atoms with Gasteiger partial charge in [0, 0.05) is 41.9 Å². The van der Waals surface area contributed by atoms with E-state index in [1.807, 2.05) is 24.3 Å². The number of nitro benzene ring substituents is 1. The highest BCUT2D eigenvalue weighted by molar-refractivity contribution is 9.10. The van der Waals surface area contributed by atoms with E-state index in [9.17, 15) is 10.1 Å². The Labute approximate surface area is 187 Å². The summed E-state index contributed by atoms with van der Waals surface area (Å²) >= 11 is 3.43. The molecular formula is C21H22BrN5O4. The molecule has 0 radical (unpaired) electrons. The molecule has 0 aliphatic carbocycles. The molecule has 1 saturated heterocycles. The summed E-state index contributed by atoms with van der Waals surface area (Å²) in [5.74, 6) is 0.705. The molecule has 1 N–H and O–H groups in total. The Morgan fingerprint density at radius 3 is 2.84 bits per heavy atom. The fourth-order valence-electron chi connectivity index (χ4n) is 3.43. The van der Waals surface area contributed by atoms with Crippen LogP contribution in [0.4, 0.5) is 17.2 Å². The predicted octanol–water partition coefficient (Wildman–Crippen LogP) is 4.15. The lowest BCUT2D eigenvalue weighted by Gasteiger charge is -2.26. The zero-order valence-electron chi connectivity index (χ0n) is 16.8. The maximum Gasteiger partial charge on any atom is 0.311 e. The Bertz CT molecular complexity index is 1070. The first-order chi connectivity index (χ1) is 15.1. The van der Waals surface area contributed by atoms with Gasteiger partial charge in [0.15, 0.2) is 5.75 Å². The maximum atomic E-state index is 11.7. The topological polar surface area (TPSA) is 103 Å². The Morgan fingerprint density at radius 2 is 2.06 bits per heavy atom. The zero-order valence-corrected chi connectivity index (χ0v) is 18.4. The standard InChI is InChI=1S/C21H22BrN5O4/c22-15-3-1-4-16(11-15)25-21-17-12-19(27(28)29)20(13-18(17)23-14-24-21)31-8-2-5-26-6-9-30-10-7-26/h1,3-4,11-14H,2,5-10H2,(H,23,24,25). The first-order valence-corrected chi connectivity index (χ1v) is 10.8. The molecular weight excluding hydrogens is 466 g/mol. The molecule has 2 aromatic carbocycles. The summed E-state index contributed by atoms with van der Waals surface area (Å²) in [5, 5.41) is 15.4. The minimum Gasteiger partial charge on any atom is -0.487 e. The molecule has 0 spiro atoms. The molecule has 0 saturated carbocycles. The van der Waals surface area contributed by atoms with Crippen molar-refractivity contribution in [1.82, 2.24) is 14.9 Å². The van der Waals surface area contributed by atoms with E-state index in [-0.39, 0.29) is 11.4 Å². The van der Waals surface area contributed by atoms with Crippen LogP contribution in [0.1, 0.15) is 6.42 Å². The van der Waals surface area contributed by atoms with Crippen molar-refractivity contribution in [1.29, 1.82) is 0 Å². The number of benzene rings is 2. The minimum atomic E-state index is -0.438. The van der Waals surface area contributed by atoms with Crippen LogP contribution in [0.3, 0.4) is 0 Å². The van der Waals surface area contributed by atoms with Gasteiger partial charge in [-0.1, -0.05) is 22.0 Å². The molecule has 1 aliphatic rings. The molecule has 0 unspecified atom stereocenters. The normalized spacial score (nSPS) is 14.5. The van der Waals surface area contributed by atoms with Crippen LogP contribution in [0.25, 0.3) is 10.9 Å². The van der Waals surface area contributed by atoms with Crippen molar-refractivity contribution in [2.45, 2.75) is 6.42 Å². The number of fused-ring (bicyclic) bond motifs is 1. The number of hydrogen-bond donors (Lipinski definition) is 1. The monoisotopic (exact) mass is 487 g/mol. The smallest absolute Gasteiger partial charge is 0.311 e. The molecule has 1 aromatic heterocycles. The molecule has 3 aromatic rings. The van der Waals surface area contributed by atoms with Gasteiger partial charge in [0.05, 0.1) is 35.6 Å². The van der Waals surface area contributed by atoms with E-state index in [0.717, 1.165) is 49.4 Å². The number of aromatic nitrogens is 2. The summed E-state index contributed by atoms with van der Waals surface area (Å²) in [7, 11) is 0. The third-order valence-corrected chi connectivity index (χ3v) is 5.47. The van der Waals surface area contributed by atoms with E-state index in [1.165, 1.54) is 12.4 Å². The molecule has 0 atom stereocenters. The second kappa shape index (κ2) is 9.99. The Balaban J connectivity index is 1.52. The second-order valence-electron chi connectivity index (χ2n) is 7.11. The molecule has 31 heavy (non-hydrogen) atoms. The summed E-state index contributed by atoms with van der Waals surface area (Å²) in [4.78, 5) is 22.1. The third-order valence-electron chi connectivity index (χ3n) is 4.98. The van der Waals surface area contributed by atoms with Crippen LogP contribution in [-0.2, 0) is 4.74 Å². The van der Waals surface area contributed by atoms with E-state index in [2.05, 4.69) is 36.1 Å². The molecule has 1 fully saturated rings. The highest BCUT2D eigenvalue weighted by atomic mass is 79.9. The summed E-state index contributed by atoms with van der Waals surface area (Å²) in [5.41, 5.74) is 1.27. The molecule has 9 nitrogen and oxygen atoms in total. The second-order valence-corrected chi connectivity index (χ2v) is 8.02. The van der Waals surface area contributed by atoms with E-state index in [0.29, 0.717) is 23.3 Å². The molecule has 0 amide bonds. The van der Waals surface area contributed by atoms with E-state index in [4.69, 9.17) is 9.47 Å². The van der Waals surface area contributed by atoms with Gasteiger partial charge in [-0.2, -0.15) is 0 Å². The number of hydrogen-bond acceptors (Lipinski definition) is 8. The lowest BCUT2D eigenvalue weighted by Crippen LogP contribution is -2.37. The number of anilines is 2. The third kappa shape index (κ3) is 5.46.